The van der Waals surface area contributed by atoms with Crippen LogP contribution in [-0.4, -0.2) is 36.1 Å². The van der Waals surface area contributed by atoms with E-state index in [1.165, 1.54) is 51.6 Å². The number of hydrogen-bond acceptors (Lipinski definition) is 2. The van der Waals surface area contributed by atoms with Gasteiger partial charge in [0.1, 0.15) is 0 Å². The van der Waals surface area contributed by atoms with Crippen molar-refractivity contribution in [2.45, 2.75) is 70.5 Å². The van der Waals surface area contributed by atoms with Crippen LogP contribution in [0.1, 0.15) is 52.4 Å². The molecule has 2 unspecified atom stereocenters. The number of nitrogens with one attached hydrogen (secondary N) is 1. The van der Waals surface area contributed by atoms with E-state index in [0.717, 1.165) is 18.1 Å². The van der Waals surface area contributed by atoms with Crippen LogP contribution in [0.15, 0.2) is 0 Å². The van der Waals surface area contributed by atoms with Gasteiger partial charge in [0, 0.05) is 31.2 Å². The van der Waals surface area contributed by atoms with Gasteiger partial charge in [-0.05, 0) is 26.7 Å². The minimum absolute atomic E-state index is 0.733. The smallest absolute Gasteiger partial charge is 0.0198 e. The number of piperazine rings is 1. The van der Waals surface area contributed by atoms with Crippen molar-refractivity contribution in [3.63, 3.8) is 0 Å². The standard InChI is InChI=1S/C13H26N2/c1-11-9-14-10-12(2)15(11)13-7-5-3-4-6-8-13/h11-14H,3-10H2,1-2H3. The number of rotatable bonds is 1. The van der Waals surface area contributed by atoms with Crippen molar-refractivity contribution in [1.29, 1.82) is 0 Å². The van der Waals surface area contributed by atoms with Crippen molar-refractivity contribution in [2.24, 2.45) is 0 Å². The van der Waals surface area contributed by atoms with Gasteiger partial charge in [-0.1, -0.05) is 25.7 Å². The average molecular weight is 210 g/mol. The number of hydrogen-bond donors (Lipinski definition) is 1. The van der Waals surface area contributed by atoms with E-state index in [0.29, 0.717) is 0 Å². The molecule has 2 fully saturated rings. The van der Waals surface area contributed by atoms with Crippen molar-refractivity contribution in [2.75, 3.05) is 13.1 Å². The first-order valence-electron chi connectivity index (χ1n) is 6.77. The van der Waals surface area contributed by atoms with Gasteiger partial charge in [-0.3, -0.25) is 4.90 Å². The highest BCUT2D eigenvalue weighted by molar-refractivity contribution is 4.88. The van der Waals surface area contributed by atoms with E-state index in [1.54, 1.807) is 0 Å². The van der Waals surface area contributed by atoms with Gasteiger partial charge in [0.05, 0.1) is 0 Å². The van der Waals surface area contributed by atoms with Crippen molar-refractivity contribution < 1.29 is 0 Å². The molecule has 0 aromatic carbocycles. The lowest BCUT2D eigenvalue weighted by Gasteiger charge is -2.44. The topological polar surface area (TPSA) is 15.3 Å². The van der Waals surface area contributed by atoms with E-state index in [9.17, 15) is 0 Å². The quantitative estimate of drug-likeness (QED) is 0.669. The zero-order valence-electron chi connectivity index (χ0n) is 10.3. The molecular formula is C13H26N2. The van der Waals surface area contributed by atoms with Gasteiger partial charge in [-0.15, -0.1) is 0 Å². The molecule has 2 aliphatic rings. The van der Waals surface area contributed by atoms with Crippen LogP contribution in [0.4, 0.5) is 0 Å². The van der Waals surface area contributed by atoms with Gasteiger partial charge in [-0.2, -0.15) is 0 Å². The van der Waals surface area contributed by atoms with Gasteiger partial charge >= 0.3 is 0 Å². The fourth-order valence-corrected chi connectivity index (χ4v) is 3.42. The Kier molecular flexibility index (Phi) is 4.04. The van der Waals surface area contributed by atoms with Gasteiger partial charge in [0.25, 0.3) is 0 Å². The fourth-order valence-electron chi connectivity index (χ4n) is 3.42. The van der Waals surface area contributed by atoms with Crippen LogP contribution < -0.4 is 5.32 Å². The Morgan fingerprint density at radius 2 is 1.40 bits per heavy atom. The zero-order valence-corrected chi connectivity index (χ0v) is 10.3. The molecule has 0 amide bonds. The Bertz CT molecular complexity index is 175. The molecule has 1 aliphatic heterocycles. The van der Waals surface area contributed by atoms with Crippen LogP contribution in [0.25, 0.3) is 0 Å². The molecule has 15 heavy (non-hydrogen) atoms. The first kappa shape index (κ1) is 11.4. The predicted octanol–water partition coefficient (Wildman–Crippen LogP) is 2.39. The second-order valence-electron chi connectivity index (χ2n) is 5.45. The summed E-state index contributed by atoms with van der Waals surface area (Å²) in [5.74, 6) is 0. The summed E-state index contributed by atoms with van der Waals surface area (Å²) in [6.07, 6.45) is 8.71. The highest BCUT2D eigenvalue weighted by Crippen LogP contribution is 2.26. The molecule has 88 valence electrons. The summed E-state index contributed by atoms with van der Waals surface area (Å²) in [6.45, 7) is 7.13. The van der Waals surface area contributed by atoms with Crippen LogP contribution in [0.5, 0.6) is 0 Å². The van der Waals surface area contributed by atoms with E-state index in [4.69, 9.17) is 0 Å². The summed E-state index contributed by atoms with van der Waals surface area (Å²) in [5.41, 5.74) is 0. The molecule has 2 nitrogen and oxygen atoms in total. The van der Waals surface area contributed by atoms with E-state index in [-0.39, 0.29) is 0 Å². The number of nitrogens with zero attached hydrogens (tertiary/aromatic N) is 1. The Morgan fingerprint density at radius 3 is 1.93 bits per heavy atom. The van der Waals surface area contributed by atoms with E-state index in [2.05, 4.69) is 24.1 Å². The van der Waals surface area contributed by atoms with Gasteiger partial charge in [-0.25, -0.2) is 0 Å². The molecule has 0 aromatic heterocycles. The van der Waals surface area contributed by atoms with Crippen LogP contribution in [0.3, 0.4) is 0 Å². The molecule has 1 saturated carbocycles. The monoisotopic (exact) mass is 210 g/mol. The summed E-state index contributed by atoms with van der Waals surface area (Å²) in [4.78, 5) is 2.79. The maximum absolute atomic E-state index is 3.53. The molecule has 0 bridgehead atoms. The van der Waals surface area contributed by atoms with Crippen LogP contribution in [0, 0.1) is 0 Å². The molecule has 0 spiro atoms. The Hall–Kier alpha value is -0.0800. The molecule has 2 heteroatoms. The average Bonchev–Trinajstić information content (AvgIpc) is 2.46. The molecule has 1 aliphatic carbocycles. The highest BCUT2D eigenvalue weighted by Gasteiger charge is 2.30. The lowest BCUT2D eigenvalue weighted by atomic mass is 10.0. The summed E-state index contributed by atoms with van der Waals surface area (Å²) in [7, 11) is 0. The lowest BCUT2D eigenvalue weighted by Crippen LogP contribution is -2.58. The van der Waals surface area contributed by atoms with Gasteiger partial charge in [0.15, 0.2) is 0 Å². The van der Waals surface area contributed by atoms with Crippen molar-refractivity contribution in [3.05, 3.63) is 0 Å². The lowest BCUT2D eigenvalue weighted by molar-refractivity contribution is 0.0587. The summed E-state index contributed by atoms with van der Waals surface area (Å²) in [5, 5.41) is 3.53. The SMILES string of the molecule is CC1CNCC(C)N1C1CCCCCC1. The Balaban J connectivity index is 1.98. The maximum Gasteiger partial charge on any atom is 0.0198 e. The molecule has 2 rings (SSSR count). The largest absolute Gasteiger partial charge is 0.314 e. The van der Waals surface area contributed by atoms with Crippen LogP contribution >= 0.6 is 0 Å². The first-order chi connectivity index (χ1) is 7.29. The fraction of sp³-hybridized carbons (Fsp3) is 1.00. The highest BCUT2D eigenvalue weighted by atomic mass is 15.3. The third kappa shape index (κ3) is 2.73. The molecule has 1 N–H and O–H groups in total. The second kappa shape index (κ2) is 5.31. The third-order valence-corrected chi connectivity index (χ3v) is 4.14. The van der Waals surface area contributed by atoms with Crippen molar-refractivity contribution >= 4 is 0 Å². The van der Waals surface area contributed by atoms with E-state index >= 15 is 0 Å². The zero-order chi connectivity index (χ0) is 10.7. The second-order valence-corrected chi connectivity index (χ2v) is 5.45. The minimum atomic E-state index is 0.733. The normalized spacial score (nSPS) is 36.4. The summed E-state index contributed by atoms with van der Waals surface area (Å²) < 4.78 is 0. The van der Waals surface area contributed by atoms with Gasteiger partial charge < -0.3 is 5.32 Å². The predicted molar refractivity (Wildman–Crippen MR) is 65.1 cm³/mol. The molecule has 2 atom stereocenters. The summed E-state index contributed by atoms with van der Waals surface area (Å²) >= 11 is 0. The van der Waals surface area contributed by atoms with Gasteiger partial charge in [0.2, 0.25) is 0 Å². The molecule has 1 heterocycles. The minimum Gasteiger partial charge on any atom is -0.314 e. The molecule has 0 aromatic rings. The Labute approximate surface area is 94.4 Å². The van der Waals surface area contributed by atoms with Crippen LogP contribution in [-0.2, 0) is 0 Å². The Morgan fingerprint density at radius 1 is 0.867 bits per heavy atom. The van der Waals surface area contributed by atoms with E-state index in [1.807, 2.05) is 0 Å². The maximum atomic E-state index is 3.53. The molecule has 0 radical (unpaired) electrons. The van der Waals surface area contributed by atoms with Crippen molar-refractivity contribution in [3.8, 4) is 0 Å². The molecular weight excluding hydrogens is 184 g/mol. The van der Waals surface area contributed by atoms with E-state index < -0.39 is 0 Å². The molecule has 1 saturated heterocycles. The first-order valence-corrected chi connectivity index (χ1v) is 6.77. The summed E-state index contributed by atoms with van der Waals surface area (Å²) in [6, 6.07) is 2.34. The van der Waals surface area contributed by atoms with Crippen molar-refractivity contribution in [1.82, 2.24) is 10.2 Å². The third-order valence-electron chi connectivity index (χ3n) is 4.14. The van der Waals surface area contributed by atoms with Crippen LogP contribution in [0.2, 0.25) is 0 Å².